The Bertz CT molecular complexity index is 473. The van der Waals surface area contributed by atoms with Crippen molar-refractivity contribution in [1.29, 1.82) is 0 Å². The number of hydrogen-bond donors (Lipinski definition) is 2. The molecule has 1 aliphatic rings. The monoisotopic (exact) mass is 262 g/mol. The van der Waals surface area contributed by atoms with Crippen LogP contribution >= 0.6 is 0 Å². The lowest BCUT2D eigenvalue weighted by Gasteiger charge is -2.28. The Morgan fingerprint density at radius 3 is 2.61 bits per heavy atom. The molecule has 0 saturated carbocycles. The van der Waals surface area contributed by atoms with Crippen LogP contribution in [-0.2, 0) is 6.18 Å². The fourth-order valence-corrected chi connectivity index (χ4v) is 1.47. The van der Waals surface area contributed by atoms with Gasteiger partial charge >= 0.3 is 11.9 Å². The smallest absolute Gasteiger partial charge is 0.374 e. The highest BCUT2D eigenvalue weighted by atomic mass is 19.4. The number of nitrogens with one attached hydrogen (secondary N) is 2. The number of pyridine rings is 1. The average Bonchev–Trinajstić information content (AvgIpc) is 2.21. The summed E-state index contributed by atoms with van der Waals surface area (Å²) in [7, 11) is 0. The molecular formula is C9H9F3N4O2. The minimum absolute atomic E-state index is 0.104. The molecule has 9 heteroatoms. The van der Waals surface area contributed by atoms with Crippen molar-refractivity contribution in [2.75, 3.05) is 18.4 Å². The van der Waals surface area contributed by atoms with Crippen LogP contribution in [0.4, 0.5) is 24.5 Å². The summed E-state index contributed by atoms with van der Waals surface area (Å²) >= 11 is 0. The van der Waals surface area contributed by atoms with E-state index >= 15 is 0 Å². The van der Waals surface area contributed by atoms with E-state index in [1.165, 1.54) is 0 Å². The van der Waals surface area contributed by atoms with E-state index in [-0.39, 0.29) is 11.7 Å². The number of halogens is 3. The van der Waals surface area contributed by atoms with Gasteiger partial charge in [-0.2, -0.15) is 13.2 Å². The second-order valence-electron chi connectivity index (χ2n) is 3.84. The maximum atomic E-state index is 12.5. The van der Waals surface area contributed by atoms with Crippen molar-refractivity contribution < 1.29 is 18.1 Å². The lowest BCUT2D eigenvalue weighted by Crippen LogP contribution is -2.51. The van der Waals surface area contributed by atoms with E-state index in [0.717, 1.165) is 0 Å². The summed E-state index contributed by atoms with van der Waals surface area (Å²) in [6.45, 7) is 1.11. The normalized spacial score (nSPS) is 16.2. The van der Waals surface area contributed by atoms with Gasteiger partial charge in [-0.05, 0) is 6.07 Å². The molecule has 0 bridgehead atoms. The Kier molecular flexibility index (Phi) is 3.07. The molecular weight excluding hydrogens is 253 g/mol. The van der Waals surface area contributed by atoms with Crippen LogP contribution < -0.4 is 10.6 Å². The first-order chi connectivity index (χ1) is 8.38. The molecule has 2 heterocycles. The van der Waals surface area contributed by atoms with Crippen molar-refractivity contribution in [2.45, 2.75) is 12.2 Å². The van der Waals surface area contributed by atoms with Crippen molar-refractivity contribution >= 4 is 11.4 Å². The zero-order valence-corrected chi connectivity index (χ0v) is 8.99. The van der Waals surface area contributed by atoms with Crippen LogP contribution in [0.1, 0.15) is 5.69 Å². The Morgan fingerprint density at radius 1 is 1.50 bits per heavy atom. The quantitative estimate of drug-likeness (QED) is 0.635. The molecule has 0 spiro atoms. The first-order valence-corrected chi connectivity index (χ1v) is 5.07. The van der Waals surface area contributed by atoms with Crippen molar-refractivity contribution in [2.24, 2.45) is 0 Å². The van der Waals surface area contributed by atoms with Gasteiger partial charge in [0.2, 0.25) is 0 Å². The van der Waals surface area contributed by atoms with Gasteiger partial charge in [0, 0.05) is 13.1 Å². The van der Waals surface area contributed by atoms with Crippen LogP contribution in [0, 0.1) is 10.1 Å². The molecule has 18 heavy (non-hydrogen) atoms. The SMILES string of the molecule is O=[N+]([O-])c1cnc(C(F)(F)F)cc1NC1CNC1. The fraction of sp³-hybridized carbons (Fsp3) is 0.444. The van der Waals surface area contributed by atoms with E-state index < -0.39 is 22.5 Å². The summed E-state index contributed by atoms with van der Waals surface area (Å²) < 4.78 is 37.4. The van der Waals surface area contributed by atoms with Gasteiger partial charge in [0.15, 0.2) is 0 Å². The molecule has 0 atom stereocenters. The van der Waals surface area contributed by atoms with Gasteiger partial charge in [-0.3, -0.25) is 10.1 Å². The minimum atomic E-state index is -4.62. The molecule has 0 aliphatic carbocycles. The Labute approximate surface area is 99.4 Å². The molecule has 1 saturated heterocycles. The summed E-state index contributed by atoms with van der Waals surface area (Å²) in [4.78, 5) is 13.0. The summed E-state index contributed by atoms with van der Waals surface area (Å²) in [5.74, 6) is 0. The number of anilines is 1. The number of rotatable bonds is 3. The van der Waals surface area contributed by atoms with E-state index in [1.807, 2.05) is 0 Å². The maximum Gasteiger partial charge on any atom is 0.433 e. The van der Waals surface area contributed by atoms with Crippen molar-refractivity contribution in [3.8, 4) is 0 Å². The van der Waals surface area contributed by atoms with Gasteiger partial charge in [0.25, 0.3) is 0 Å². The summed E-state index contributed by atoms with van der Waals surface area (Å²) in [5.41, 5.74) is -1.77. The van der Waals surface area contributed by atoms with Gasteiger partial charge in [-0.15, -0.1) is 0 Å². The first kappa shape index (κ1) is 12.6. The standard InChI is InChI=1S/C9H9F3N4O2/c10-9(11,12)8-1-6(15-5-2-13-3-5)7(4-14-8)16(17)18/h1,4-5,13H,2-3H2,(H,14,15). The van der Waals surface area contributed by atoms with Gasteiger partial charge < -0.3 is 10.6 Å². The first-order valence-electron chi connectivity index (χ1n) is 5.07. The van der Waals surface area contributed by atoms with Gasteiger partial charge in [0.05, 0.1) is 11.0 Å². The largest absolute Gasteiger partial charge is 0.433 e. The van der Waals surface area contributed by atoms with Crippen LogP contribution in [0.15, 0.2) is 12.3 Å². The number of nitro groups is 1. The predicted octanol–water partition coefficient (Wildman–Crippen LogP) is 1.39. The third-order valence-corrected chi connectivity index (χ3v) is 2.51. The van der Waals surface area contributed by atoms with Crippen LogP contribution in [0.3, 0.4) is 0 Å². The van der Waals surface area contributed by atoms with Crippen molar-refractivity contribution in [3.05, 3.63) is 28.1 Å². The second-order valence-corrected chi connectivity index (χ2v) is 3.84. The fourth-order valence-electron chi connectivity index (χ4n) is 1.47. The van der Waals surface area contributed by atoms with Crippen LogP contribution in [0.5, 0.6) is 0 Å². The van der Waals surface area contributed by atoms with E-state index in [1.54, 1.807) is 0 Å². The van der Waals surface area contributed by atoms with Gasteiger partial charge in [-0.1, -0.05) is 0 Å². The van der Waals surface area contributed by atoms with E-state index in [2.05, 4.69) is 15.6 Å². The predicted molar refractivity (Wildman–Crippen MR) is 56.2 cm³/mol. The zero-order valence-electron chi connectivity index (χ0n) is 8.99. The molecule has 0 radical (unpaired) electrons. The molecule has 0 amide bonds. The van der Waals surface area contributed by atoms with Gasteiger partial charge in [-0.25, -0.2) is 4.98 Å². The number of nitrogens with zero attached hydrogens (tertiary/aromatic N) is 2. The minimum Gasteiger partial charge on any atom is -0.374 e. The molecule has 2 N–H and O–H groups in total. The third-order valence-electron chi connectivity index (χ3n) is 2.51. The highest BCUT2D eigenvalue weighted by Crippen LogP contribution is 2.33. The molecule has 2 rings (SSSR count). The Balaban J connectivity index is 2.34. The maximum absolute atomic E-state index is 12.5. The topological polar surface area (TPSA) is 80.1 Å². The number of hydrogen-bond acceptors (Lipinski definition) is 5. The summed E-state index contributed by atoms with van der Waals surface area (Å²) in [6.07, 6.45) is -4.00. The molecule has 6 nitrogen and oxygen atoms in total. The Morgan fingerprint density at radius 2 is 2.17 bits per heavy atom. The molecule has 98 valence electrons. The summed E-state index contributed by atoms with van der Waals surface area (Å²) in [5, 5.41) is 16.3. The third kappa shape index (κ3) is 2.50. The molecule has 1 aromatic rings. The van der Waals surface area contributed by atoms with Crippen LogP contribution in [-0.4, -0.2) is 29.0 Å². The molecule has 1 aliphatic heterocycles. The zero-order chi connectivity index (χ0) is 13.3. The van der Waals surface area contributed by atoms with Crippen molar-refractivity contribution in [3.63, 3.8) is 0 Å². The molecule has 1 fully saturated rings. The van der Waals surface area contributed by atoms with E-state index in [0.29, 0.717) is 25.4 Å². The molecule has 0 aromatic carbocycles. The highest BCUT2D eigenvalue weighted by molar-refractivity contribution is 5.61. The Hall–Kier alpha value is -1.90. The van der Waals surface area contributed by atoms with E-state index in [4.69, 9.17) is 0 Å². The average molecular weight is 262 g/mol. The highest BCUT2D eigenvalue weighted by Gasteiger charge is 2.34. The van der Waals surface area contributed by atoms with Crippen LogP contribution in [0.25, 0.3) is 0 Å². The lowest BCUT2D eigenvalue weighted by atomic mass is 10.1. The van der Waals surface area contributed by atoms with Crippen molar-refractivity contribution in [1.82, 2.24) is 10.3 Å². The molecule has 0 unspecified atom stereocenters. The van der Waals surface area contributed by atoms with Gasteiger partial charge in [0.1, 0.15) is 17.6 Å². The number of aromatic nitrogens is 1. The lowest BCUT2D eigenvalue weighted by molar-refractivity contribution is -0.384. The molecule has 1 aromatic heterocycles. The number of alkyl halides is 3. The van der Waals surface area contributed by atoms with E-state index in [9.17, 15) is 23.3 Å². The van der Waals surface area contributed by atoms with Crippen LogP contribution in [0.2, 0.25) is 0 Å². The summed E-state index contributed by atoms with van der Waals surface area (Å²) in [6, 6.07) is 0.559. The second kappa shape index (κ2) is 4.41.